The van der Waals surface area contributed by atoms with Gasteiger partial charge in [-0.2, -0.15) is 0 Å². The van der Waals surface area contributed by atoms with Gasteiger partial charge in [0.1, 0.15) is 5.75 Å². The first-order valence-corrected chi connectivity index (χ1v) is 10.4. The van der Waals surface area contributed by atoms with Crippen molar-refractivity contribution >= 4 is 21.6 Å². The van der Waals surface area contributed by atoms with Crippen molar-refractivity contribution < 1.29 is 17.9 Å². The van der Waals surface area contributed by atoms with E-state index in [-0.39, 0.29) is 16.8 Å². The number of amides is 1. The fourth-order valence-corrected chi connectivity index (χ4v) is 3.67. The molecule has 0 saturated heterocycles. The maximum Gasteiger partial charge on any atom is 0.265 e. The number of carbonyl (C=O) groups excluding carboxylic acids is 1. The van der Waals surface area contributed by atoms with Crippen LogP contribution in [0.3, 0.4) is 0 Å². The van der Waals surface area contributed by atoms with Crippen molar-refractivity contribution in [3.8, 4) is 5.75 Å². The van der Waals surface area contributed by atoms with Gasteiger partial charge in [0.05, 0.1) is 4.90 Å². The molecule has 146 valence electrons. The smallest absolute Gasteiger partial charge is 0.265 e. The molecule has 2 N–H and O–H groups in total. The van der Waals surface area contributed by atoms with Crippen LogP contribution in [-0.2, 0) is 14.8 Å². The van der Waals surface area contributed by atoms with Crippen LogP contribution in [0.5, 0.6) is 5.75 Å². The number of aryl methyl sites for hydroxylation is 1. The van der Waals surface area contributed by atoms with Gasteiger partial charge in [-0.1, -0.05) is 24.6 Å². The van der Waals surface area contributed by atoms with Crippen LogP contribution in [-0.4, -0.2) is 26.5 Å². The Balaban J connectivity index is 2.04. The van der Waals surface area contributed by atoms with Gasteiger partial charge in [-0.15, -0.1) is 0 Å². The third-order valence-corrected chi connectivity index (χ3v) is 5.46. The summed E-state index contributed by atoms with van der Waals surface area (Å²) in [6.07, 6.45) is -0.136. The van der Waals surface area contributed by atoms with Crippen LogP contribution in [0.2, 0.25) is 0 Å². The van der Waals surface area contributed by atoms with Gasteiger partial charge >= 0.3 is 0 Å². The van der Waals surface area contributed by atoms with Gasteiger partial charge in [-0.25, -0.2) is 13.1 Å². The summed E-state index contributed by atoms with van der Waals surface area (Å²) < 4.78 is 32.6. The third-order valence-electron chi connectivity index (χ3n) is 3.79. The molecule has 1 amide bonds. The standard InChI is InChI=1S/C20H26N2O4S/c1-5-19(26-17-10-6-15(4)7-11-17)20(23)21-16-8-12-18(13-9-16)27(24,25)22-14(2)3/h6-14,19,22H,5H2,1-4H3,(H,21,23). The lowest BCUT2D eigenvalue weighted by Crippen LogP contribution is -2.32. The van der Waals surface area contributed by atoms with Gasteiger partial charge in [0.15, 0.2) is 6.10 Å². The Labute approximate surface area is 161 Å². The number of hydrogen-bond acceptors (Lipinski definition) is 4. The average molecular weight is 391 g/mol. The average Bonchev–Trinajstić information content (AvgIpc) is 2.60. The van der Waals surface area contributed by atoms with Crippen molar-refractivity contribution in [2.75, 3.05) is 5.32 Å². The Hall–Kier alpha value is -2.38. The molecule has 7 heteroatoms. The largest absolute Gasteiger partial charge is 0.481 e. The molecule has 1 atom stereocenters. The number of anilines is 1. The van der Waals surface area contributed by atoms with Crippen molar-refractivity contribution in [1.29, 1.82) is 0 Å². The van der Waals surface area contributed by atoms with Crippen LogP contribution < -0.4 is 14.8 Å². The molecular weight excluding hydrogens is 364 g/mol. The Morgan fingerprint density at radius 3 is 2.15 bits per heavy atom. The molecule has 0 fully saturated rings. The normalized spacial score (nSPS) is 12.6. The topological polar surface area (TPSA) is 84.5 Å². The van der Waals surface area contributed by atoms with Gasteiger partial charge < -0.3 is 10.1 Å². The van der Waals surface area contributed by atoms with E-state index >= 15 is 0 Å². The molecule has 27 heavy (non-hydrogen) atoms. The minimum absolute atomic E-state index is 0.150. The summed E-state index contributed by atoms with van der Waals surface area (Å²) in [5.41, 5.74) is 1.62. The summed E-state index contributed by atoms with van der Waals surface area (Å²) in [6, 6.07) is 13.3. The van der Waals surface area contributed by atoms with Gasteiger partial charge in [0, 0.05) is 11.7 Å². The molecule has 2 aromatic carbocycles. The first kappa shape index (κ1) is 20.9. The van der Waals surface area contributed by atoms with Crippen LogP contribution in [0, 0.1) is 6.92 Å². The third kappa shape index (κ3) is 6.08. The van der Waals surface area contributed by atoms with Crippen molar-refractivity contribution in [2.24, 2.45) is 0 Å². The van der Waals surface area contributed by atoms with E-state index in [1.165, 1.54) is 12.1 Å². The van der Waals surface area contributed by atoms with Crippen molar-refractivity contribution in [3.05, 3.63) is 54.1 Å². The lowest BCUT2D eigenvalue weighted by atomic mass is 10.2. The number of carbonyl (C=O) groups is 1. The van der Waals surface area contributed by atoms with Crippen LogP contribution in [0.25, 0.3) is 0 Å². The SMILES string of the molecule is CCC(Oc1ccc(C)cc1)C(=O)Nc1ccc(S(=O)(=O)NC(C)C)cc1. The van der Waals surface area contributed by atoms with Gasteiger partial charge in [0.2, 0.25) is 10.0 Å². The quantitative estimate of drug-likeness (QED) is 0.723. The Kier molecular flexibility index (Phi) is 6.98. The highest BCUT2D eigenvalue weighted by Crippen LogP contribution is 2.18. The predicted octanol–water partition coefficient (Wildman–Crippen LogP) is 3.48. The monoisotopic (exact) mass is 390 g/mol. The lowest BCUT2D eigenvalue weighted by molar-refractivity contribution is -0.122. The van der Waals surface area contributed by atoms with E-state index in [1.807, 2.05) is 38.1 Å². The summed E-state index contributed by atoms with van der Waals surface area (Å²) in [5, 5.41) is 2.76. The first-order chi connectivity index (χ1) is 12.7. The van der Waals surface area contributed by atoms with E-state index in [4.69, 9.17) is 4.74 Å². The van der Waals surface area contributed by atoms with Crippen LogP contribution in [0.4, 0.5) is 5.69 Å². The lowest BCUT2D eigenvalue weighted by Gasteiger charge is -2.17. The molecule has 2 rings (SSSR count). The Morgan fingerprint density at radius 1 is 1.04 bits per heavy atom. The molecule has 2 aromatic rings. The molecule has 0 heterocycles. The van der Waals surface area contributed by atoms with Crippen LogP contribution in [0.15, 0.2) is 53.4 Å². The van der Waals surface area contributed by atoms with Crippen molar-refractivity contribution in [2.45, 2.75) is 51.2 Å². The summed E-state index contributed by atoms with van der Waals surface area (Å²) in [5.74, 6) is 0.345. The van der Waals surface area contributed by atoms with E-state index in [0.717, 1.165) is 5.56 Å². The second-order valence-corrected chi connectivity index (χ2v) is 8.33. The van der Waals surface area contributed by atoms with Crippen molar-refractivity contribution in [1.82, 2.24) is 4.72 Å². The van der Waals surface area contributed by atoms with Crippen LogP contribution in [0.1, 0.15) is 32.8 Å². The summed E-state index contributed by atoms with van der Waals surface area (Å²) in [7, 11) is -3.56. The molecular formula is C20H26N2O4S. The highest BCUT2D eigenvalue weighted by Gasteiger charge is 2.19. The minimum atomic E-state index is -3.56. The molecule has 0 aromatic heterocycles. The number of nitrogens with one attached hydrogen (secondary N) is 2. The van der Waals surface area contributed by atoms with E-state index < -0.39 is 16.1 Å². The van der Waals surface area contributed by atoms with Gasteiger partial charge in [-0.05, 0) is 63.6 Å². The van der Waals surface area contributed by atoms with Gasteiger partial charge in [0.25, 0.3) is 5.91 Å². The zero-order valence-electron chi connectivity index (χ0n) is 16.0. The van der Waals surface area contributed by atoms with Gasteiger partial charge in [-0.3, -0.25) is 4.79 Å². The molecule has 0 saturated carbocycles. The Morgan fingerprint density at radius 2 is 1.63 bits per heavy atom. The number of benzene rings is 2. The number of ether oxygens (including phenoxy) is 1. The Bertz CT molecular complexity index is 860. The molecule has 0 aliphatic heterocycles. The maximum absolute atomic E-state index is 12.5. The molecule has 0 spiro atoms. The van der Waals surface area contributed by atoms with E-state index in [1.54, 1.807) is 26.0 Å². The summed E-state index contributed by atoms with van der Waals surface area (Å²) in [6.45, 7) is 7.36. The van der Waals surface area contributed by atoms with E-state index in [0.29, 0.717) is 17.9 Å². The molecule has 0 bridgehead atoms. The zero-order valence-corrected chi connectivity index (χ0v) is 16.8. The fraction of sp³-hybridized carbons (Fsp3) is 0.350. The zero-order chi connectivity index (χ0) is 20.0. The minimum Gasteiger partial charge on any atom is -0.481 e. The first-order valence-electron chi connectivity index (χ1n) is 8.88. The highest BCUT2D eigenvalue weighted by atomic mass is 32.2. The maximum atomic E-state index is 12.5. The molecule has 0 aliphatic rings. The molecule has 0 radical (unpaired) electrons. The predicted molar refractivity (Wildman–Crippen MR) is 106 cm³/mol. The number of sulfonamides is 1. The number of rotatable bonds is 8. The molecule has 0 aliphatic carbocycles. The second-order valence-electron chi connectivity index (χ2n) is 6.62. The van der Waals surface area contributed by atoms with E-state index in [2.05, 4.69) is 10.0 Å². The van der Waals surface area contributed by atoms with E-state index in [9.17, 15) is 13.2 Å². The number of hydrogen-bond donors (Lipinski definition) is 2. The summed E-state index contributed by atoms with van der Waals surface area (Å²) >= 11 is 0. The fourth-order valence-electron chi connectivity index (χ4n) is 2.42. The van der Waals surface area contributed by atoms with Crippen molar-refractivity contribution in [3.63, 3.8) is 0 Å². The van der Waals surface area contributed by atoms with Crippen LogP contribution >= 0.6 is 0 Å². The second kappa shape index (κ2) is 9.01. The highest BCUT2D eigenvalue weighted by molar-refractivity contribution is 7.89. The summed E-state index contributed by atoms with van der Waals surface area (Å²) in [4.78, 5) is 12.6. The molecule has 1 unspecified atom stereocenters. The molecule has 6 nitrogen and oxygen atoms in total.